The van der Waals surface area contributed by atoms with Gasteiger partial charge in [-0.15, -0.1) is 0 Å². The lowest BCUT2D eigenvalue weighted by atomic mass is 10.1. The predicted octanol–water partition coefficient (Wildman–Crippen LogP) is 5.15. The summed E-state index contributed by atoms with van der Waals surface area (Å²) in [5, 5.41) is 0. The van der Waals surface area contributed by atoms with Crippen molar-refractivity contribution < 1.29 is 23.4 Å². The van der Waals surface area contributed by atoms with E-state index in [0.717, 1.165) is 5.56 Å². The van der Waals surface area contributed by atoms with E-state index in [-0.39, 0.29) is 24.0 Å². The number of aliphatic imine (C=N–C) groups is 1. The van der Waals surface area contributed by atoms with Crippen LogP contribution in [0.15, 0.2) is 83.5 Å². The van der Waals surface area contributed by atoms with Gasteiger partial charge in [0.05, 0.1) is 6.61 Å². The molecule has 5 nitrogen and oxygen atoms in total. The largest absolute Gasteiger partial charge is 0.490 e. The van der Waals surface area contributed by atoms with Crippen LogP contribution in [0.5, 0.6) is 11.5 Å². The van der Waals surface area contributed by atoms with Crippen molar-refractivity contribution in [2.75, 3.05) is 6.61 Å². The van der Waals surface area contributed by atoms with Crippen LogP contribution in [0.3, 0.4) is 0 Å². The van der Waals surface area contributed by atoms with Crippen LogP contribution in [-0.4, -0.2) is 18.5 Å². The Morgan fingerprint density at radius 3 is 2.52 bits per heavy atom. The lowest BCUT2D eigenvalue weighted by molar-refractivity contribution is -0.129. The van der Waals surface area contributed by atoms with Gasteiger partial charge in [0.15, 0.2) is 17.2 Å². The molecule has 1 aliphatic rings. The van der Waals surface area contributed by atoms with E-state index in [9.17, 15) is 9.18 Å². The molecule has 3 aromatic rings. The Hall–Kier alpha value is -3.93. The Morgan fingerprint density at radius 1 is 0.968 bits per heavy atom. The molecule has 0 radical (unpaired) electrons. The monoisotopic (exact) mass is 417 g/mol. The highest BCUT2D eigenvalue weighted by Crippen LogP contribution is 2.31. The molecule has 0 aromatic heterocycles. The van der Waals surface area contributed by atoms with E-state index in [4.69, 9.17) is 14.2 Å². The van der Waals surface area contributed by atoms with Crippen molar-refractivity contribution in [3.8, 4) is 11.5 Å². The van der Waals surface area contributed by atoms with E-state index in [1.54, 1.807) is 42.5 Å². The first-order valence-corrected chi connectivity index (χ1v) is 9.85. The first-order valence-electron chi connectivity index (χ1n) is 9.85. The second-order valence-electron chi connectivity index (χ2n) is 6.72. The lowest BCUT2D eigenvalue weighted by Gasteiger charge is -2.13. The maximum Gasteiger partial charge on any atom is 0.363 e. The van der Waals surface area contributed by atoms with Gasteiger partial charge in [0, 0.05) is 11.1 Å². The molecule has 0 saturated heterocycles. The molecule has 0 atom stereocenters. The average molecular weight is 417 g/mol. The molecule has 0 bridgehead atoms. The van der Waals surface area contributed by atoms with Crippen LogP contribution < -0.4 is 9.47 Å². The fraction of sp³-hybridized carbons (Fsp3) is 0.120. The fourth-order valence-electron chi connectivity index (χ4n) is 3.04. The van der Waals surface area contributed by atoms with Gasteiger partial charge in [-0.2, -0.15) is 0 Å². The highest BCUT2D eigenvalue weighted by atomic mass is 19.1. The number of hydrogen-bond donors (Lipinski definition) is 0. The molecule has 0 amide bonds. The van der Waals surface area contributed by atoms with E-state index in [1.165, 1.54) is 6.07 Å². The standard InChI is InChI=1S/C25H20FNO4/c1-2-29-23-15-17(12-13-22(23)30-16-19-10-6-7-11-20(19)26)14-21-25(28)31-24(27-21)18-8-4-3-5-9-18/h3-15H,2,16H2,1H3/b21-14-. The molecule has 0 spiro atoms. The fourth-order valence-corrected chi connectivity index (χ4v) is 3.04. The summed E-state index contributed by atoms with van der Waals surface area (Å²) in [6, 6.07) is 20.9. The topological polar surface area (TPSA) is 57.1 Å². The zero-order chi connectivity index (χ0) is 21.6. The van der Waals surface area contributed by atoms with Crippen molar-refractivity contribution >= 4 is 17.9 Å². The number of carbonyl (C=O) groups excluding carboxylic acids is 1. The first-order chi connectivity index (χ1) is 15.1. The number of cyclic esters (lactones) is 1. The Kier molecular flexibility index (Phi) is 6.08. The van der Waals surface area contributed by atoms with E-state index >= 15 is 0 Å². The number of nitrogens with zero attached hydrogens (tertiary/aromatic N) is 1. The molecule has 31 heavy (non-hydrogen) atoms. The Balaban J connectivity index is 1.56. The summed E-state index contributed by atoms with van der Waals surface area (Å²) >= 11 is 0. The molecule has 1 aliphatic heterocycles. The minimum Gasteiger partial charge on any atom is -0.490 e. The minimum absolute atomic E-state index is 0.0736. The van der Waals surface area contributed by atoms with E-state index in [0.29, 0.717) is 29.2 Å². The SMILES string of the molecule is CCOc1cc(/C=C2\N=C(c3ccccc3)OC2=O)ccc1OCc1ccccc1F. The molecule has 6 heteroatoms. The normalized spacial score (nSPS) is 14.3. The van der Waals surface area contributed by atoms with Crippen LogP contribution in [0.1, 0.15) is 23.6 Å². The molecular formula is C25H20FNO4. The lowest BCUT2D eigenvalue weighted by Crippen LogP contribution is -2.05. The highest BCUT2D eigenvalue weighted by Gasteiger charge is 2.24. The van der Waals surface area contributed by atoms with E-state index in [2.05, 4.69) is 4.99 Å². The zero-order valence-corrected chi connectivity index (χ0v) is 16.9. The third kappa shape index (κ3) is 4.80. The van der Waals surface area contributed by atoms with Crippen molar-refractivity contribution in [2.45, 2.75) is 13.5 Å². The Bertz CT molecular complexity index is 1160. The van der Waals surface area contributed by atoms with E-state index in [1.807, 2.05) is 37.3 Å². The Morgan fingerprint density at radius 2 is 1.74 bits per heavy atom. The summed E-state index contributed by atoms with van der Waals surface area (Å²) in [6.45, 7) is 2.36. The highest BCUT2D eigenvalue weighted by molar-refractivity contribution is 6.12. The number of hydrogen-bond acceptors (Lipinski definition) is 5. The van der Waals surface area contributed by atoms with E-state index < -0.39 is 5.97 Å². The van der Waals surface area contributed by atoms with Crippen molar-refractivity contribution in [2.24, 2.45) is 4.99 Å². The molecular weight excluding hydrogens is 397 g/mol. The van der Waals surface area contributed by atoms with Crippen LogP contribution in [0.4, 0.5) is 4.39 Å². The molecule has 0 fully saturated rings. The summed E-state index contributed by atoms with van der Waals surface area (Å²) in [4.78, 5) is 16.5. The van der Waals surface area contributed by atoms with Crippen LogP contribution in [0.25, 0.3) is 6.08 Å². The second kappa shape index (κ2) is 9.26. The summed E-state index contributed by atoms with van der Waals surface area (Å²) in [5.74, 6) is 0.401. The summed E-state index contributed by atoms with van der Waals surface area (Å²) < 4.78 is 30.6. The molecule has 0 aliphatic carbocycles. The van der Waals surface area contributed by atoms with Gasteiger partial charge in [-0.3, -0.25) is 0 Å². The van der Waals surface area contributed by atoms with Gasteiger partial charge < -0.3 is 14.2 Å². The Labute approximate surface area is 179 Å². The summed E-state index contributed by atoms with van der Waals surface area (Å²) in [7, 11) is 0. The quantitative estimate of drug-likeness (QED) is 0.394. The molecule has 0 saturated carbocycles. The number of rotatable bonds is 7. The van der Waals surface area contributed by atoms with Crippen LogP contribution >= 0.6 is 0 Å². The third-order valence-corrected chi connectivity index (χ3v) is 4.55. The number of carbonyl (C=O) groups is 1. The van der Waals surface area contributed by atoms with Gasteiger partial charge in [0.2, 0.25) is 5.90 Å². The first kappa shape index (κ1) is 20.3. The number of benzene rings is 3. The molecule has 0 N–H and O–H groups in total. The van der Waals surface area contributed by atoms with Crippen LogP contribution in [0.2, 0.25) is 0 Å². The van der Waals surface area contributed by atoms with Gasteiger partial charge in [0.25, 0.3) is 0 Å². The summed E-state index contributed by atoms with van der Waals surface area (Å²) in [6.07, 6.45) is 1.63. The van der Waals surface area contributed by atoms with Gasteiger partial charge in [0.1, 0.15) is 12.4 Å². The molecule has 3 aromatic carbocycles. The van der Waals surface area contributed by atoms with Crippen molar-refractivity contribution in [1.29, 1.82) is 0 Å². The molecule has 4 rings (SSSR count). The number of ether oxygens (including phenoxy) is 3. The van der Waals surface area contributed by atoms with Crippen molar-refractivity contribution in [3.63, 3.8) is 0 Å². The van der Waals surface area contributed by atoms with Crippen molar-refractivity contribution in [3.05, 3.63) is 101 Å². The molecule has 0 unspecified atom stereocenters. The van der Waals surface area contributed by atoms with Crippen LogP contribution in [-0.2, 0) is 16.1 Å². The van der Waals surface area contributed by atoms with Gasteiger partial charge in [-0.1, -0.05) is 42.5 Å². The van der Waals surface area contributed by atoms with Gasteiger partial charge in [-0.25, -0.2) is 14.2 Å². The van der Waals surface area contributed by atoms with Gasteiger partial charge in [-0.05, 0) is 48.9 Å². The smallest absolute Gasteiger partial charge is 0.363 e. The number of esters is 1. The van der Waals surface area contributed by atoms with Crippen molar-refractivity contribution in [1.82, 2.24) is 0 Å². The average Bonchev–Trinajstić information content (AvgIpc) is 3.15. The summed E-state index contributed by atoms with van der Waals surface area (Å²) in [5.41, 5.74) is 2.08. The number of halogens is 1. The predicted molar refractivity (Wildman–Crippen MR) is 115 cm³/mol. The molecule has 1 heterocycles. The third-order valence-electron chi connectivity index (χ3n) is 4.55. The maximum absolute atomic E-state index is 13.8. The molecule has 156 valence electrons. The second-order valence-corrected chi connectivity index (χ2v) is 6.72. The zero-order valence-electron chi connectivity index (χ0n) is 16.9. The van der Waals surface area contributed by atoms with Gasteiger partial charge >= 0.3 is 5.97 Å². The van der Waals surface area contributed by atoms with Crippen LogP contribution in [0, 0.1) is 5.82 Å². The minimum atomic E-state index is -0.517. The maximum atomic E-state index is 13.8.